The van der Waals surface area contributed by atoms with Gasteiger partial charge in [0.05, 0.1) is 12.4 Å². The molecule has 1 aliphatic carbocycles. The monoisotopic (exact) mass is 283 g/mol. The molecule has 1 aromatic carbocycles. The predicted octanol–water partition coefficient (Wildman–Crippen LogP) is 2.00. The lowest BCUT2D eigenvalue weighted by molar-refractivity contribution is 0.402. The van der Waals surface area contributed by atoms with E-state index < -0.39 is 9.84 Å². The second kappa shape index (κ2) is 5.92. The summed E-state index contributed by atoms with van der Waals surface area (Å²) in [6, 6.07) is 6.92. The molecule has 0 spiro atoms. The van der Waals surface area contributed by atoms with Gasteiger partial charge in [-0.05, 0) is 31.5 Å². The summed E-state index contributed by atoms with van der Waals surface area (Å²) in [5, 5.41) is 2.94. The van der Waals surface area contributed by atoms with E-state index in [-0.39, 0.29) is 11.3 Å². The molecule has 106 valence electrons. The molecule has 0 bridgehead atoms. The number of hydrogen-bond acceptors (Lipinski definition) is 4. The fraction of sp³-hybridized carbons (Fsp3) is 0.571. The first-order chi connectivity index (χ1) is 9.11. The summed E-state index contributed by atoms with van der Waals surface area (Å²) in [5.74, 6) is 0.435. The summed E-state index contributed by atoms with van der Waals surface area (Å²) in [6.07, 6.45) is 2.60. The minimum atomic E-state index is -3.34. The summed E-state index contributed by atoms with van der Waals surface area (Å²) in [7, 11) is -1.84. The van der Waals surface area contributed by atoms with Gasteiger partial charge >= 0.3 is 0 Å². The highest BCUT2D eigenvalue weighted by atomic mass is 32.2. The summed E-state index contributed by atoms with van der Waals surface area (Å²) in [5.41, 5.74) is 0. The van der Waals surface area contributed by atoms with E-state index in [0.717, 1.165) is 25.8 Å². The van der Waals surface area contributed by atoms with Gasteiger partial charge in [0.25, 0.3) is 0 Å². The number of hydrogen-bond donors (Lipinski definition) is 1. The second-order valence-electron chi connectivity index (χ2n) is 4.83. The molecule has 0 saturated heterocycles. The molecular weight excluding hydrogens is 262 g/mol. The van der Waals surface area contributed by atoms with Gasteiger partial charge in [-0.15, -0.1) is 0 Å². The standard InChI is InChI=1S/C14H21NO3S/c1-3-15-11-7-6-10-13(11)19(16,17)14-9-5-4-8-12(14)18-2/h4-5,8-9,11,13,15H,3,6-7,10H2,1-2H3. The summed E-state index contributed by atoms with van der Waals surface area (Å²) in [4.78, 5) is 0.312. The number of methoxy groups -OCH3 is 1. The van der Waals surface area contributed by atoms with Crippen LogP contribution in [0, 0.1) is 0 Å². The van der Waals surface area contributed by atoms with Crippen molar-refractivity contribution in [2.75, 3.05) is 13.7 Å². The Labute approximate surface area is 115 Å². The summed E-state index contributed by atoms with van der Waals surface area (Å²) in [6.45, 7) is 2.80. The van der Waals surface area contributed by atoms with Gasteiger partial charge in [0.2, 0.25) is 0 Å². The topological polar surface area (TPSA) is 55.4 Å². The first kappa shape index (κ1) is 14.3. The van der Waals surface area contributed by atoms with Crippen molar-refractivity contribution in [1.29, 1.82) is 0 Å². The molecule has 1 aliphatic rings. The maximum Gasteiger partial charge on any atom is 0.186 e. The van der Waals surface area contributed by atoms with Crippen LogP contribution in [-0.2, 0) is 9.84 Å². The van der Waals surface area contributed by atoms with Crippen LogP contribution in [0.1, 0.15) is 26.2 Å². The van der Waals surface area contributed by atoms with E-state index in [2.05, 4.69) is 5.32 Å². The van der Waals surface area contributed by atoms with Crippen molar-refractivity contribution >= 4 is 9.84 Å². The zero-order chi connectivity index (χ0) is 13.9. The molecule has 2 atom stereocenters. The first-order valence-corrected chi connectivity index (χ1v) is 8.26. The Balaban J connectivity index is 2.36. The number of rotatable bonds is 5. The number of sulfone groups is 1. The maximum absolute atomic E-state index is 12.8. The molecule has 5 heteroatoms. The molecule has 1 fully saturated rings. The van der Waals surface area contributed by atoms with Crippen molar-refractivity contribution < 1.29 is 13.2 Å². The average Bonchev–Trinajstić information content (AvgIpc) is 2.88. The number of ether oxygens (including phenoxy) is 1. The molecule has 0 heterocycles. The maximum atomic E-state index is 12.8. The highest BCUT2D eigenvalue weighted by Gasteiger charge is 2.39. The van der Waals surface area contributed by atoms with Crippen LogP contribution in [0.25, 0.3) is 0 Å². The third-order valence-electron chi connectivity index (χ3n) is 3.69. The third kappa shape index (κ3) is 2.77. The first-order valence-electron chi connectivity index (χ1n) is 6.71. The number of para-hydroxylation sites is 1. The van der Waals surface area contributed by atoms with Crippen LogP contribution in [0.15, 0.2) is 29.2 Å². The average molecular weight is 283 g/mol. The highest BCUT2D eigenvalue weighted by molar-refractivity contribution is 7.92. The molecular formula is C14H21NO3S. The van der Waals surface area contributed by atoms with Crippen LogP contribution in [0.5, 0.6) is 5.75 Å². The van der Waals surface area contributed by atoms with E-state index >= 15 is 0 Å². The van der Waals surface area contributed by atoms with Crippen molar-refractivity contribution in [3.05, 3.63) is 24.3 Å². The normalized spacial score (nSPS) is 23.5. The van der Waals surface area contributed by atoms with Gasteiger partial charge in [-0.3, -0.25) is 0 Å². The van der Waals surface area contributed by atoms with E-state index in [1.807, 2.05) is 6.92 Å². The molecule has 4 nitrogen and oxygen atoms in total. The van der Waals surface area contributed by atoms with Gasteiger partial charge in [0.1, 0.15) is 10.6 Å². The van der Waals surface area contributed by atoms with Gasteiger partial charge in [-0.1, -0.05) is 25.5 Å². The van der Waals surface area contributed by atoms with Crippen LogP contribution in [-0.4, -0.2) is 33.4 Å². The molecule has 1 N–H and O–H groups in total. The Kier molecular flexibility index (Phi) is 4.47. The summed E-state index contributed by atoms with van der Waals surface area (Å²) < 4.78 is 30.7. The van der Waals surface area contributed by atoms with E-state index in [4.69, 9.17) is 4.74 Å². The molecule has 0 aliphatic heterocycles. The molecule has 2 unspecified atom stereocenters. The van der Waals surface area contributed by atoms with Crippen molar-refractivity contribution in [3.63, 3.8) is 0 Å². The van der Waals surface area contributed by atoms with Gasteiger partial charge < -0.3 is 10.1 Å². The number of benzene rings is 1. The molecule has 0 amide bonds. The lowest BCUT2D eigenvalue weighted by Crippen LogP contribution is -2.40. The van der Waals surface area contributed by atoms with Gasteiger partial charge in [-0.2, -0.15) is 0 Å². The van der Waals surface area contributed by atoms with Crippen LogP contribution >= 0.6 is 0 Å². The smallest absolute Gasteiger partial charge is 0.186 e. The van der Waals surface area contributed by atoms with Crippen molar-refractivity contribution in [2.45, 2.75) is 42.4 Å². The number of nitrogens with one attached hydrogen (secondary N) is 1. The van der Waals surface area contributed by atoms with E-state index in [1.165, 1.54) is 7.11 Å². The highest BCUT2D eigenvalue weighted by Crippen LogP contribution is 2.34. The molecule has 1 saturated carbocycles. The zero-order valence-corrected chi connectivity index (χ0v) is 12.2. The van der Waals surface area contributed by atoms with Gasteiger partial charge in [0.15, 0.2) is 9.84 Å². The van der Waals surface area contributed by atoms with E-state index in [0.29, 0.717) is 10.6 Å². The zero-order valence-electron chi connectivity index (χ0n) is 11.4. The van der Waals surface area contributed by atoms with Crippen LogP contribution in [0.2, 0.25) is 0 Å². The molecule has 0 radical (unpaired) electrons. The van der Waals surface area contributed by atoms with Gasteiger partial charge in [-0.25, -0.2) is 8.42 Å². The largest absolute Gasteiger partial charge is 0.495 e. The Morgan fingerprint density at radius 2 is 2.05 bits per heavy atom. The van der Waals surface area contributed by atoms with Crippen LogP contribution < -0.4 is 10.1 Å². The van der Waals surface area contributed by atoms with Crippen LogP contribution in [0.4, 0.5) is 0 Å². The van der Waals surface area contributed by atoms with E-state index in [9.17, 15) is 8.42 Å². The predicted molar refractivity (Wildman–Crippen MR) is 75.3 cm³/mol. The molecule has 2 rings (SSSR count). The third-order valence-corrected chi connectivity index (χ3v) is 6.00. The summed E-state index contributed by atoms with van der Waals surface area (Å²) >= 11 is 0. The quantitative estimate of drug-likeness (QED) is 0.898. The fourth-order valence-electron chi connectivity index (χ4n) is 2.81. The minimum absolute atomic E-state index is 0.0555. The Hall–Kier alpha value is -1.07. The Bertz CT molecular complexity index is 527. The van der Waals surface area contributed by atoms with Crippen molar-refractivity contribution in [3.8, 4) is 5.75 Å². The SMILES string of the molecule is CCNC1CCCC1S(=O)(=O)c1ccccc1OC. The van der Waals surface area contributed by atoms with Gasteiger partial charge in [0, 0.05) is 6.04 Å². The van der Waals surface area contributed by atoms with Crippen molar-refractivity contribution in [1.82, 2.24) is 5.32 Å². The molecule has 0 aromatic heterocycles. The lowest BCUT2D eigenvalue weighted by Gasteiger charge is -2.21. The fourth-order valence-corrected chi connectivity index (χ4v) is 4.98. The Morgan fingerprint density at radius 3 is 2.74 bits per heavy atom. The van der Waals surface area contributed by atoms with E-state index in [1.54, 1.807) is 24.3 Å². The lowest BCUT2D eigenvalue weighted by atomic mass is 10.2. The minimum Gasteiger partial charge on any atom is -0.495 e. The second-order valence-corrected chi connectivity index (χ2v) is 6.96. The van der Waals surface area contributed by atoms with Crippen LogP contribution in [0.3, 0.4) is 0 Å². The molecule has 1 aromatic rings. The molecule has 19 heavy (non-hydrogen) atoms. The van der Waals surface area contributed by atoms with Crippen molar-refractivity contribution in [2.24, 2.45) is 0 Å². The Morgan fingerprint density at radius 1 is 1.32 bits per heavy atom.